The fourth-order valence-corrected chi connectivity index (χ4v) is 1.07. The average molecular weight is 202 g/mol. The molecule has 1 atom stereocenters. The van der Waals surface area contributed by atoms with Gasteiger partial charge < -0.3 is 15.3 Å². The predicted molar refractivity (Wildman–Crippen MR) is 53.0 cm³/mol. The summed E-state index contributed by atoms with van der Waals surface area (Å²) < 4.78 is 0. The molecular formula is C9H18N2O3. The van der Waals surface area contributed by atoms with Gasteiger partial charge in [0.15, 0.2) is 0 Å². The molecule has 0 aliphatic heterocycles. The largest absolute Gasteiger partial charge is 0.480 e. The van der Waals surface area contributed by atoms with E-state index in [1.54, 1.807) is 19.0 Å². The van der Waals surface area contributed by atoms with E-state index in [-0.39, 0.29) is 12.5 Å². The molecule has 0 rings (SSSR count). The molecule has 0 aromatic rings. The zero-order valence-electron chi connectivity index (χ0n) is 8.91. The first-order valence-corrected chi connectivity index (χ1v) is 4.64. The van der Waals surface area contributed by atoms with Crippen molar-refractivity contribution in [1.82, 2.24) is 10.2 Å². The molecule has 5 nitrogen and oxygen atoms in total. The lowest BCUT2D eigenvalue weighted by Crippen LogP contribution is -2.44. The molecule has 0 aliphatic carbocycles. The van der Waals surface area contributed by atoms with Crippen LogP contribution in [0.5, 0.6) is 0 Å². The number of rotatable bonds is 6. The first kappa shape index (κ1) is 12.9. The Hall–Kier alpha value is -1.10. The molecule has 0 saturated heterocycles. The second-order valence-corrected chi connectivity index (χ2v) is 3.48. The lowest BCUT2D eigenvalue weighted by molar-refractivity contribution is -0.142. The summed E-state index contributed by atoms with van der Waals surface area (Å²) in [4.78, 5) is 23.6. The van der Waals surface area contributed by atoms with Crippen molar-refractivity contribution in [3.05, 3.63) is 0 Å². The van der Waals surface area contributed by atoms with Crippen LogP contribution in [-0.4, -0.2) is 48.6 Å². The fourth-order valence-electron chi connectivity index (χ4n) is 1.07. The van der Waals surface area contributed by atoms with Gasteiger partial charge in [0.25, 0.3) is 0 Å². The molecule has 0 aromatic carbocycles. The van der Waals surface area contributed by atoms with Crippen LogP contribution < -0.4 is 5.32 Å². The van der Waals surface area contributed by atoms with E-state index in [0.29, 0.717) is 6.42 Å². The summed E-state index contributed by atoms with van der Waals surface area (Å²) in [7, 11) is 3.52. The number of hydrogen-bond acceptors (Lipinski definition) is 3. The van der Waals surface area contributed by atoms with Crippen LogP contribution in [0.4, 0.5) is 0 Å². The molecule has 5 heteroatoms. The summed E-state index contributed by atoms with van der Waals surface area (Å²) in [5.74, 6) is -1.23. The van der Waals surface area contributed by atoms with E-state index in [1.165, 1.54) is 0 Å². The maximum Gasteiger partial charge on any atom is 0.326 e. The van der Waals surface area contributed by atoms with Crippen LogP contribution in [0.3, 0.4) is 0 Å². The lowest BCUT2D eigenvalue weighted by atomic mass is 10.1. The highest BCUT2D eigenvalue weighted by molar-refractivity contribution is 5.84. The van der Waals surface area contributed by atoms with E-state index in [4.69, 9.17) is 5.11 Å². The van der Waals surface area contributed by atoms with E-state index < -0.39 is 12.0 Å². The van der Waals surface area contributed by atoms with E-state index in [9.17, 15) is 9.59 Å². The van der Waals surface area contributed by atoms with Crippen LogP contribution in [0.15, 0.2) is 0 Å². The number of carboxylic acid groups (broad SMARTS) is 1. The highest BCUT2D eigenvalue weighted by Gasteiger charge is 2.18. The summed E-state index contributed by atoms with van der Waals surface area (Å²) >= 11 is 0. The first-order chi connectivity index (χ1) is 6.47. The number of carboxylic acids is 1. The summed E-state index contributed by atoms with van der Waals surface area (Å²) in [5, 5.41) is 11.2. The molecule has 0 saturated carbocycles. The van der Waals surface area contributed by atoms with Gasteiger partial charge in [-0.05, 0) is 20.5 Å². The van der Waals surface area contributed by atoms with Gasteiger partial charge in [-0.3, -0.25) is 4.79 Å². The van der Waals surface area contributed by atoms with Gasteiger partial charge in [-0.15, -0.1) is 0 Å². The van der Waals surface area contributed by atoms with Crippen molar-refractivity contribution < 1.29 is 14.7 Å². The minimum absolute atomic E-state index is 0.216. The van der Waals surface area contributed by atoms with Crippen LogP contribution in [0.25, 0.3) is 0 Å². The third kappa shape index (κ3) is 5.53. The van der Waals surface area contributed by atoms with Crippen LogP contribution in [-0.2, 0) is 9.59 Å². The molecule has 0 heterocycles. The van der Waals surface area contributed by atoms with Gasteiger partial charge in [0.2, 0.25) is 5.91 Å². The molecular weight excluding hydrogens is 184 g/mol. The number of carbonyl (C=O) groups excluding carboxylic acids is 1. The van der Waals surface area contributed by atoms with Crippen molar-refractivity contribution in [3.8, 4) is 0 Å². The van der Waals surface area contributed by atoms with Crippen molar-refractivity contribution >= 4 is 11.9 Å². The topological polar surface area (TPSA) is 69.6 Å². The molecule has 0 radical (unpaired) electrons. The highest BCUT2D eigenvalue weighted by atomic mass is 16.4. The molecule has 1 amide bonds. The second kappa shape index (κ2) is 6.37. The SMILES string of the molecule is CCC[C@@H](NC(=O)CN(C)C)C(=O)O. The number of amides is 1. The average Bonchev–Trinajstić information content (AvgIpc) is 2.01. The number of aliphatic carboxylic acids is 1. The Balaban J connectivity index is 4.02. The molecule has 0 unspecified atom stereocenters. The van der Waals surface area contributed by atoms with Gasteiger partial charge >= 0.3 is 5.97 Å². The molecule has 82 valence electrons. The summed E-state index contributed by atoms with van der Waals surface area (Å²) in [6.07, 6.45) is 1.20. The van der Waals surface area contributed by atoms with Gasteiger partial charge in [-0.2, -0.15) is 0 Å². The van der Waals surface area contributed by atoms with Crippen molar-refractivity contribution in [2.75, 3.05) is 20.6 Å². The maximum atomic E-state index is 11.2. The van der Waals surface area contributed by atoms with E-state index in [2.05, 4.69) is 5.32 Å². The van der Waals surface area contributed by atoms with Crippen molar-refractivity contribution in [3.63, 3.8) is 0 Å². The maximum absolute atomic E-state index is 11.2. The molecule has 0 aromatic heterocycles. The van der Waals surface area contributed by atoms with E-state index in [1.807, 2.05) is 6.92 Å². The first-order valence-electron chi connectivity index (χ1n) is 4.64. The van der Waals surface area contributed by atoms with E-state index in [0.717, 1.165) is 6.42 Å². The van der Waals surface area contributed by atoms with E-state index >= 15 is 0 Å². The van der Waals surface area contributed by atoms with Gasteiger partial charge in [0, 0.05) is 0 Å². The number of likely N-dealkylation sites (N-methyl/N-ethyl adjacent to an activating group) is 1. The molecule has 0 fully saturated rings. The van der Waals surface area contributed by atoms with Crippen LogP contribution >= 0.6 is 0 Å². The number of carbonyl (C=O) groups is 2. The Labute approximate surface area is 84.1 Å². The summed E-state index contributed by atoms with van der Waals surface area (Å²) in [6, 6.07) is -0.757. The van der Waals surface area contributed by atoms with Gasteiger partial charge in [0.1, 0.15) is 6.04 Å². The summed E-state index contributed by atoms with van der Waals surface area (Å²) in [6.45, 7) is 2.10. The Morgan fingerprint density at radius 1 is 1.43 bits per heavy atom. The smallest absolute Gasteiger partial charge is 0.326 e. The number of hydrogen-bond donors (Lipinski definition) is 2. The number of nitrogens with one attached hydrogen (secondary N) is 1. The minimum atomic E-state index is -0.973. The van der Waals surface area contributed by atoms with Crippen LogP contribution in [0, 0.1) is 0 Å². The zero-order chi connectivity index (χ0) is 11.1. The third-order valence-electron chi connectivity index (χ3n) is 1.67. The van der Waals surface area contributed by atoms with Crippen molar-refractivity contribution in [2.24, 2.45) is 0 Å². The van der Waals surface area contributed by atoms with Gasteiger partial charge in [-0.1, -0.05) is 13.3 Å². The monoisotopic (exact) mass is 202 g/mol. The molecule has 2 N–H and O–H groups in total. The van der Waals surface area contributed by atoms with Crippen molar-refractivity contribution in [1.29, 1.82) is 0 Å². The third-order valence-corrected chi connectivity index (χ3v) is 1.67. The quantitative estimate of drug-likeness (QED) is 0.632. The van der Waals surface area contributed by atoms with Gasteiger partial charge in [0.05, 0.1) is 6.54 Å². The molecule has 14 heavy (non-hydrogen) atoms. The molecule has 0 spiro atoms. The van der Waals surface area contributed by atoms with Crippen molar-refractivity contribution in [2.45, 2.75) is 25.8 Å². The molecule has 0 bridgehead atoms. The lowest BCUT2D eigenvalue weighted by Gasteiger charge is -2.15. The highest BCUT2D eigenvalue weighted by Crippen LogP contribution is 1.96. The fraction of sp³-hybridized carbons (Fsp3) is 0.778. The van der Waals surface area contributed by atoms with Crippen LogP contribution in [0.1, 0.15) is 19.8 Å². The Morgan fingerprint density at radius 2 is 2.00 bits per heavy atom. The summed E-state index contributed by atoms with van der Waals surface area (Å²) in [5.41, 5.74) is 0. The standard InChI is InChI=1S/C9H18N2O3/c1-4-5-7(9(13)14)10-8(12)6-11(2)3/h7H,4-6H2,1-3H3,(H,10,12)(H,13,14)/t7-/m1/s1. The van der Waals surface area contributed by atoms with Gasteiger partial charge in [-0.25, -0.2) is 4.79 Å². The minimum Gasteiger partial charge on any atom is -0.480 e. The van der Waals surface area contributed by atoms with Crippen LogP contribution in [0.2, 0.25) is 0 Å². The Morgan fingerprint density at radius 3 is 2.36 bits per heavy atom. The molecule has 0 aliphatic rings. The Kier molecular flexibility index (Phi) is 5.87. The normalized spacial score (nSPS) is 12.6. The zero-order valence-corrected chi connectivity index (χ0v) is 8.91. The second-order valence-electron chi connectivity index (χ2n) is 3.48. The predicted octanol–water partition coefficient (Wildman–Crippen LogP) is -0.0825. The Bertz CT molecular complexity index is 204. The number of nitrogens with zero attached hydrogens (tertiary/aromatic N) is 1.